The summed E-state index contributed by atoms with van der Waals surface area (Å²) in [5.41, 5.74) is 4.94. The Bertz CT molecular complexity index is 554. The maximum atomic E-state index is 10.5. The van der Waals surface area contributed by atoms with Gasteiger partial charge in [0.1, 0.15) is 0 Å². The molecule has 0 aromatic heterocycles. The zero-order valence-corrected chi connectivity index (χ0v) is 14.3. The van der Waals surface area contributed by atoms with Crippen LogP contribution in [0.2, 0.25) is 0 Å². The summed E-state index contributed by atoms with van der Waals surface area (Å²) in [6.45, 7) is 12.6. The van der Waals surface area contributed by atoms with Crippen molar-refractivity contribution in [3.8, 4) is 0 Å². The van der Waals surface area contributed by atoms with Crippen LogP contribution in [0.5, 0.6) is 0 Å². The van der Waals surface area contributed by atoms with Gasteiger partial charge in [-0.05, 0) is 49.7 Å². The highest BCUT2D eigenvalue weighted by Gasteiger charge is 2.26. The Balaban J connectivity index is 2.73. The molecule has 0 aliphatic heterocycles. The van der Waals surface area contributed by atoms with Gasteiger partial charge >= 0.3 is 5.97 Å². The Morgan fingerprint density at radius 1 is 1.36 bits per heavy atom. The summed E-state index contributed by atoms with van der Waals surface area (Å²) in [6, 6.07) is 0. The van der Waals surface area contributed by atoms with Gasteiger partial charge in [-0.3, -0.25) is 4.79 Å². The van der Waals surface area contributed by atoms with E-state index in [-0.39, 0.29) is 11.8 Å². The number of allylic oxidation sites excluding steroid dienone is 8. The molecule has 1 N–H and O–H groups in total. The lowest BCUT2D eigenvalue weighted by molar-refractivity contribution is -0.136. The number of carboxylic acids is 1. The molecule has 0 saturated carbocycles. The molecule has 1 aliphatic carbocycles. The molecule has 0 spiro atoms. The minimum Gasteiger partial charge on any atom is -0.481 e. The minimum atomic E-state index is -0.850. The van der Waals surface area contributed by atoms with E-state index >= 15 is 0 Å². The maximum absolute atomic E-state index is 10.5. The summed E-state index contributed by atoms with van der Waals surface area (Å²) < 4.78 is 0. The summed E-state index contributed by atoms with van der Waals surface area (Å²) in [4.78, 5) is 10.5. The average molecular weight is 300 g/mol. The predicted molar refractivity (Wildman–Crippen MR) is 93.8 cm³/mol. The van der Waals surface area contributed by atoms with Crippen LogP contribution in [0.15, 0.2) is 59.3 Å². The van der Waals surface area contributed by atoms with Gasteiger partial charge in [-0.2, -0.15) is 0 Å². The number of rotatable bonds is 6. The second kappa shape index (κ2) is 7.98. The maximum Gasteiger partial charge on any atom is 0.307 e. The van der Waals surface area contributed by atoms with Gasteiger partial charge in [0.25, 0.3) is 0 Å². The van der Waals surface area contributed by atoms with Gasteiger partial charge in [0.15, 0.2) is 0 Å². The molecule has 0 bridgehead atoms. The summed E-state index contributed by atoms with van der Waals surface area (Å²) in [5, 5.41) is 8.67. The molecule has 120 valence electrons. The number of carboxylic acid groups (broad SMARTS) is 1. The Morgan fingerprint density at radius 3 is 2.64 bits per heavy atom. The van der Waals surface area contributed by atoms with Crippen molar-refractivity contribution in [3.05, 3.63) is 59.3 Å². The van der Waals surface area contributed by atoms with Gasteiger partial charge in [0.05, 0.1) is 6.42 Å². The predicted octanol–water partition coefficient (Wildman–Crippen LogP) is 5.60. The molecule has 1 aliphatic rings. The van der Waals surface area contributed by atoms with Crippen molar-refractivity contribution >= 4 is 5.97 Å². The second-order valence-electron chi connectivity index (χ2n) is 6.76. The van der Waals surface area contributed by atoms with Crippen molar-refractivity contribution in [2.45, 2.75) is 53.4 Å². The monoisotopic (exact) mass is 300 g/mol. The van der Waals surface area contributed by atoms with E-state index in [1.54, 1.807) is 6.08 Å². The summed E-state index contributed by atoms with van der Waals surface area (Å²) >= 11 is 0. The van der Waals surface area contributed by atoms with Crippen LogP contribution in [0, 0.1) is 5.41 Å². The van der Waals surface area contributed by atoms with E-state index in [1.807, 2.05) is 19.1 Å². The smallest absolute Gasteiger partial charge is 0.307 e. The standard InChI is InChI=1S/C20H28O2/c1-15(8-6-9-16(2)14-19(21)22)11-12-18-17(3)10-7-13-20(18,4)5/h6,8-9,11-12H,2,7,10,13-14H2,1,3-5H3,(H,21,22)/b9-6+,12-11+,15-8+. The third-order valence-electron chi connectivity index (χ3n) is 4.12. The molecule has 2 heteroatoms. The first kappa shape index (κ1) is 18.2. The SMILES string of the molecule is C=C(/C=C/C=C(C)/C=C/C1=C(C)CCCC1(C)C)CC(=O)O. The van der Waals surface area contributed by atoms with Gasteiger partial charge in [0, 0.05) is 0 Å². The molecular weight excluding hydrogens is 272 g/mol. The van der Waals surface area contributed by atoms with Crippen LogP contribution in [0.3, 0.4) is 0 Å². The van der Waals surface area contributed by atoms with Gasteiger partial charge in [-0.25, -0.2) is 0 Å². The normalized spacial score (nSPS) is 19.2. The lowest BCUT2D eigenvalue weighted by Crippen LogP contribution is -2.19. The van der Waals surface area contributed by atoms with E-state index in [0.717, 1.165) is 5.57 Å². The van der Waals surface area contributed by atoms with Crippen molar-refractivity contribution in [3.63, 3.8) is 0 Å². The van der Waals surface area contributed by atoms with Crippen LogP contribution in [0.4, 0.5) is 0 Å². The minimum absolute atomic E-state index is 0.0144. The Kier molecular flexibility index (Phi) is 6.61. The highest BCUT2D eigenvalue weighted by molar-refractivity contribution is 5.70. The van der Waals surface area contributed by atoms with E-state index in [2.05, 4.69) is 39.5 Å². The number of aliphatic carboxylic acids is 1. The lowest BCUT2D eigenvalue weighted by Gasteiger charge is -2.32. The molecule has 0 aromatic rings. The van der Waals surface area contributed by atoms with Gasteiger partial charge < -0.3 is 5.11 Å². The third-order valence-corrected chi connectivity index (χ3v) is 4.12. The highest BCUT2D eigenvalue weighted by Crippen LogP contribution is 2.40. The fraction of sp³-hybridized carbons (Fsp3) is 0.450. The van der Waals surface area contributed by atoms with Crippen molar-refractivity contribution < 1.29 is 9.90 Å². The summed E-state index contributed by atoms with van der Waals surface area (Å²) in [7, 11) is 0. The van der Waals surface area contributed by atoms with Crippen LogP contribution in [-0.2, 0) is 4.79 Å². The fourth-order valence-corrected chi connectivity index (χ4v) is 2.87. The number of hydrogen-bond donors (Lipinski definition) is 1. The zero-order chi connectivity index (χ0) is 16.8. The largest absolute Gasteiger partial charge is 0.481 e. The first-order valence-electron chi connectivity index (χ1n) is 7.85. The highest BCUT2D eigenvalue weighted by atomic mass is 16.4. The average Bonchev–Trinajstić information content (AvgIpc) is 2.36. The van der Waals surface area contributed by atoms with Gasteiger partial charge in [-0.1, -0.05) is 62.0 Å². The van der Waals surface area contributed by atoms with Gasteiger partial charge in [0.2, 0.25) is 0 Å². The van der Waals surface area contributed by atoms with E-state index in [1.165, 1.54) is 30.4 Å². The molecule has 0 aromatic carbocycles. The van der Waals surface area contributed by atoms with Crippen molar-refractivity contribution in [2.75, 3.05) is 0 Å². The quantitative estimate of drug-likeness (QED) is 0.648. The van der Waals surface area contributed by atoms with Gasteiger partial charge in [-0.15, -0.1) is 0 Å². The van der Waals surface area contributed by atoms with E-state index in [9.17, 15) is 4.79 Å². The molecule has 0 heterocycles. The molecule has 22 heavy (non-hydrogen) atoms. The molecule has 0 atom stereocenters. The van der Waals surface area contributed by atoms with Crippen LogP contribution < -0.4 is 0 Å². The lowest BCUT2D eigenvalue weighted by atomic mass is 9.72. The molecule has 0 amide bonds. The van der Waals surface area contributed by atoms with E-state index < -0.39 is 5.97 Å². The van der Waals surface area contributed by atoms with E-state index in [0.29, 0.717) is 5.57 Å². The molecule has 1 rings (SSSR count). The topological polar surface area (TPSA) is 37.3 Å². The molecule has 0 fully saturated rings. The van der Waals surface area contributed by atoms with Crippen molar-refractivity contribution in [1.82, 2.24) is 0 Å². The molecule has 0 radical (unpaired) electrons. The first-order chi connectivity index (χ1) is 10.2. The second-order valence-corrected chi connectivity index (χ2v) is 6.76. The van der Waals surface area contributed by atoms with Crippen molar-refractivity contribution in [2.24, 2.45) is 5.41 Å². The Labute approximate surface area is 134 Å². The fourth-order valence-electron chi connectivity index (χ4n) is 2.87. The third kappa shape index (κ3) is 5.88. The number of hydrogen-bond acceptors (Lipinski definition) is 1. The Hall–Kier alpha value is -1.83. The first-order valence-corrected chi connectivity index (χ1v) is 7.85. The molecule has 2 nitrogen and oxygen atoms in total. The molecular formula is C20H28O2. The van der Waals surface area contributed by atoms with Crippen LogP contribution >= 0.6 is 0 Å². The molecule has 0 unspecified atom stereocenters. The van der Waals surface area contributed by atoms with E-state index in [4.69, 9.17) is 5.11 Å². The zero-order valence-electron chi connectivity index (χ0n) is 14.3. The Morgan fingerprint density at radius 2 is 2.05 bits per heavy atom. The number of carbonyl (C=O) groups is 1. The summed E-state index contributed by atoms with van der Waals surface area (Å²) in [6.07, 6.45) is 13.7. The van der Waals surface area contributed by atoms with Crippen LogP contribution in [0.1, 0.15) is 53.4 Å². The van der Waals surface area contributed by atoms with Crippen LogP contribution in [-0.4, -0.2) is 11.1 Å². The van der Waals surface area contributed by atoms with Crippen LogP contribution in [0.25, 0.3) is 0 Å². The summed E-state index contributed by atoms with van der Waals surface area (Å²) in [5.74, 6) is -0.850. The molecule has 0 saturated heterocycles. The van der Waals surface area contributed by atoms with Crippen molar-refractivity contribution in [1.29, 1.82) is 0 Å².